The van der Waals surface area contributed by atoms with Crippen molar-refractivity contribution in [1.29, 1.82) is 0 Å². The highest BCUT2D eigenvalue weighted by molar-refractivity contribution is 5.99. The van der Waals surface area contributed by atoms with Gasteiger partial charge in [-0.15, -0.1) is 0 Å². The zero-order valence-electron chi connectivity index (χ0n) is 10.6. The lowest BCUT2D eigenvalue weighted by atomic mass is 10.0. The van der Waals surface area contributed by atoms with Crippen LogP contribution in [0.15, 0.2) is 18.2 Å². The molecule has 0 aromatic heterocycles. The Kier molecular flexibility index (Phi) is 3.36. The third-order valence-electron chi connectivity index (χ3n) is 3.49. The van der Waals surface area contributed by atoms with E-state index < -0.39 is 12.0 Å². The van der Waals surface area contributed by atoms with E-state index in [9.17, 15) is 9.59 Å². The van der Waals surface area contributed by atoms with E-state index >= 15 is 0 Å². The van der Waals surface area contributed by atoms with Crippen LogP contribution in [0.3, 0.4) is 0 Å². The van der Waals surface area contributed by atoms with Gasteiger partial charge >= 0.3 is 5.97 Å². The highest BCUT2D eigenvalue weighted by Gasteiger charge is 2.35. The first-order chi connectivity index (χ1) is 8.52. The zero-order chi connectivity index (χ0) is 13.3. The zero-order valence-corrected chi connectivity index (χ0v) is 10.6. The molecule has 1 amide bonds. The molecule has 1 aliphatic rings. The van der Waals surface area contributed by atoms with Crippen LogP contribution in [0.5, 0.6) is 0 Å². The molecular weight excluding hydrogens is 230 g/mol. The van der Waals surface area contributed by atoms with E-state index in [1.165, 1.54) is 4.90 Å². The van der Waals surface area contributed by atoms with E-state index in [1.54, 1.807) is 0 Å². The molecule has 1 fully saturated rings. The van der Waals surface area contributed by atoms with Crippen molar-refractivity contribution in [3.63, 3.8) is 0 Å². The van der Waals surface area contributed by atoms with Crippen LogP contribution in [0.1, 0.15) is 34.3 Å². The van der Waals surface area contributed by atoms with E-state index in [-0.39, 0.29) is 5.91 Å². The minimum absolute atomic E-state index is 0.157. The molecule has 1 aromatic rings. The predicted octanol–water partition coefficient (Wildman–Crippen LogP) is 1.99. The molecule has 1 saturated heterocycles. The van der Waals surface area contributed by atoms with Crippen molar-refractivity contribution >= 4 is 11.9 Å². The Balaban J connectivity index is 2.34. The van der Waals surface area contributed by atoms with Gasteiger partial charge in [-0.05, 0) is 37.8 Å². The van der Waals surface area contributed by atoms with E-state index in [1.807, 2.05) is 32.0 Å². The van der Waals surface area contributed by atoms with Gasteiger partial charge in [0.15, 0.2) is 0 Å². The smallest absolute Gasteiger partial charge is 0.326 e. The maximum absolute atomic E-state index is 12.5. The van der Waals surface area contributed by atoms with Crippen molar-refractivity contribution in [3.8, 4) is 0 Å². The number of hydrogen-bond donors (Lipinski definition) is 1. The Hall–Kier alpha value is -1.84. The minimum atomic E-state index is -0.910. The fraction of sp³-hybridized carbons (Fsp3) is 0.429. The summed E-state index contributed by atoms with van der Waals surface area (Å²) in [5.74, 6) is -1.07. The number of rotatable bonds is 2. The maximum Gasteiger partial charge on any atom is 0.326 e. The highest BCUT2D eigenvalue weighted by Crippen LogP contribution is 2.23. The fourth-order valence-electron chi connectivity index (χ4n) is 2.56. The minimum Gasteiger partial charge on any atom is -0.480 e. The van der Waals surface area contributed by atoms with Gasteiger partial charge in [-0.1, -0.05) is 18.2 Å². The van der Waals surface area contributed by atoms with Gasteiger partial charge in [0.05, 0.1) is 0 Å². The van der Waals surface area contributed by atoms with Gasteiger partial charge < -0.3 is 10.0 Å². The molecule has 1 unspecified atom stereocenters. The molecule has 0 bridgehead atoms. The highest BCUT2D eigenvalue weighted by atomic mass is 16.4. The van der Waals surface area contributed by atoms with Crippen LogP contribution in [0.2, 0.25) is 0 Å². The van der Waals surface area contributed by atoms with Crippen LogP contribution >= 0.6 is 0 Å². The number of carbonyl (C=O) groups excluding carboxylic acids is 1. The predicted molar refractivity (Wildman–Crippen MR) is 67.6 cm³/mol. The number of hydrogen-bond acceptors (Lipinski definition) is 2. The number of carbonyl (C=O) groups is 2. The molecule has 1 aromatic carbocycles. The Morgan fingerprint density at radius 2 is 1.89 bits per heavy atom. The van der Waals surface area contributed by atoms with Crippen LogP contribution < -0.4 is 0 Å². The average molecular weight is 247 g/mol. The Morgan fingerprint density at radius 1 is 1.28 bits per heavy atom. The van der Waals surface area contributed by atoms with Gasteiger partial charge in [0, 0.05) is 12.1 Å². The monoisotopic (exact) mass is 247 g/mol. The van der Waals surface area contributed by atoms with Crippen molar-refractivity contribution in [1.82, 2.24) is 4.90 Å². The number of aliphatic carboxylic acids is 1. The molecule has 1 heterocycles. The first kappa shape index (κ1) is 12.6. The normalized spacial score (nSPS) is 19.0. The number of likely N-dealkylation sites (tertiary alicyclic amines) is 1. The summed E-state index contributed by atoms with van der Waals surface area (Å²) in [7, 11) is 0. The third kappa shape index (κ3) is 2.10. The van der Waals surface area contributed by atoms with Crippen molar-refractivity contribution < 1.29 is 14.7 Å². The molecule has 1 aliphatic heterocycles. The van der Waals surface area contributed by atoms with E-state index in [2.05, 4.69) is 0 Å². The first-order valence-corrected chi connectivity index (χ1v) is 6.12. The Labute approximate surface area is 106 Å². The number of benzene rings is 1. The summed E-state index contributed by atoms with van der Waals surface area (Å²) < 4.78 is 0. The van der Waals surface area contributed by atoms with Gasteiger partial charge in [-0.2, -0.15) is 0 Å². The summed E-state index contributed by atoms with van der Waals surface area (Å²) in [6.07, 6.45) is 1.31. The van der Waals surface area contributed by atoms with Crippen LogP contribution in [-0.4, -0.2) is 34.5 Å². The quantitative estimate of drug-likeness (QED) is 0.869. The second kappa shape index (κ2) is 4.80. The van der Waals surface area contributed by atoms with Gasteiger partial charge in [0.2, 0.25) is 0 Å². The second-order valence-corrected chi connectivity index (χ2v) is 4.76. The fourth-order valence-corrected chi connectivity index (χ4v) is 2.56. The van der Waals surface area contributed by atoms with Gasteiger partial charge in [-0.25, -0.2) is 4.79 Å². The number of amides is 1. The van der Waals surface area contributed by atoms with Crippen molar-refractivity contribution in [3.05, 3.63) is 34.9 Å². The summed E-state index contributed by atoms with van der Waals surface area (Å²) in [4.78, 5) is 25.1. The molecule has 18 heavy (non-hydrogen) atoms. The van der Waals surface area contributed by atoms with Crippen molar-refractivity contribution in [2.45, 2.75) is 32.7 Å². The molecule has 4 heteroatoms. The number of carboxylic acids is 1. The maximum atomic E-state index is 12.5. The lowest BCUT2D eigenvalue weighted by Gasteiger charge is -2.23. The van der Waals surface area contributed by atoms with E-state index in [0.717, 1.165) is 17.5 Å². The van der Waals surface area contributed by atoms with E-state index in [4.69, 9.17) is 5.11 Å². The molecule has 2 rings (SSSR count). The Bertz CT molecular complexity index is 476. The van der Waals surface area contributed by atoms with Crippen molar-refractivity contribution in [2.24, 2.45) is 0 Å². The first-order valence-electron chi connectivity index (χ1n) is 6.12. The molecule has 0 spiro atoms. The van der Waals surface area contributed by atoms with Crippen molar-refractivity contribution in [2.75, 3.05) is 6.54 Å². The third-order valence-corrected chi connectivity index (χ3v) is 3.49. The standard InChI is InChI=1S/C14H17NO3/c1-9-5-3-6-10(2)12(9)13(16)15-8-4-7-11(15)14(17)18/h3,5-6,11H,4,7-8H2,1-2H3,(H,17,18). The van der Waals surface area contributed by atoms with Gasteiger partial charge in [0.1, 0.15) is 6.04 Å². The SMILES string of the molecule is Cc1cccc(C)c1C(=O)N1CCCC1C(=O)O. The second-order valence-electron chi connectivity index (χ2n) is 4.76. The summed E-state index contributed by atoms with van der Waals surface area (Å²) in [6, 6.07) is 5.00. The summed E-state index contributed by atoms with van der Waals surface area (Å²) >= 11 is 0. The topological polar surface area (TPSA) is 57.6 Å². The van der Waals surface area contributed by atoms with Gasteiger partial charge in [0.25, 0.3) is 5.91 Å². The Morgan fingerprint density at radius 3 is 2.44 bits per heavy atom. The number of nitrogens with zero attached hydrogens (tertiary/aromatic N) is 1. The van der Waals surface area contributed by atoms with Gasteiger partial charge in [-0.3, -0.25) is 4.79 Å². The lowest BCUT2D eigenvalue weighted by molar-refractivity contribution is -0.141. The van der Waals surface area contributed by atoms with E-state index in [0.29, 0.717) is 18.5 Å². The summed E-state index contributed by atoms with van der Waals surface area (Å²) in [5.41, 5.74) is 2.44. The largest absolute Gasteiger partial charge is 0.480 e. The summed E-state index contributed by atoms with van der Waals surface area (Å²) in [5, 5.41) is 9.12. The summed E-state index contributed by atoms with van der Waals surface area (Å²) in [6.45, 7) is 4.29. The average Bonchev–Trinajstić information content (AvgIpc) is 2.77. The molecule has 4 nitrogen and oxygen atoms in total. The number of aryl methyl sites for hydroxylation is 2. The van der Waals surface area contributed by atoms with Crippen LogP contribution in [0.4, 0.5) is 0 Å². The molecular formula is C14H17NO3. The molecule has 0 radical (unpaired) electrons. The number of carboxylic acid groups (broad SMARTS) is 1. The lowest BCUT2D eigenvalue weighted by Crippen LogP contribution is -2.40. The molecule has 1 atom stereocenters. The molecule has 0 aliphatic carbocycles. The molecule has 96 valence electrons. The van der Waals surface area contributed by atoms with Crippen LogP contribution in [-0.2, 0) is 4.79 Å². The molecule has 0 saturated carbocycles. The molecule has 1 N–H and O–H groups in total. The van der Waals surface area contributed by atoms with Crippen LogP contribution in [0.25, 0.3) is 0 Å². The van der Waals surface area contributed by atoms with Crippen LogP contribution in [0, 0.1) is 13.8 Å².